The molecule has 1 aliphatic rings. The number of hydrogen-bond donors (Lipinski definition) is 2. The van der Waals surface area contributed by atoms with Crippen LogP contribution in [0.15, 0.2) is 133 Å². The predicted octanol–water partition coefficient (Wildman–Crippen LogP) is 8.99. The van der Waals surface area contributed by atoms with Crippen LogP contribution in [-0.4, -0.2) is 10.2 Å². The van der Waals surface area contributed by atoms with Crippen LogP contribution in [-0.2, 0) is 5.41 Å². The van der Waals surface area contributed by atoms with Gasteiger partial charge in [0.15, 0.2) is 0 Å². The third kappa shape index (κ3) is 4.39. The summed E-state index contributed by atoms with van der Waals surface area (Å²) in [5.41, 5.74) is 8.22. The molecule has 0 saturated carbocycles. The van der Waals surface area contributed by atoms with Crippen LogP contribution in [0.2, 0.25) is 0 Å². The third-order valence-electron chi connectivity index (χ3n) is 7.87. The van der Waals surface area contributed by atoms with Gasteiger partial charge in [0.25, 0.3) is 0 Å². The van der Waals surface area contributed by atoms with E-state index in [0.29, 0.717) is 0 Å². The second-order valence-electron chi connectivity index (χ2n) is 10.1. The SMILES string of the molecule is Oc1ccc(C2(c3ccc(O)c(-c4ccccc4)c3)CCC=C(c3ccccc3)C2)cc1-c1ccccc1. The molecular weight excluding hydrogens is 464 g/mol. The Labute approximate surface area is 224 Å². The van der Waals surface area contributed by atoms with Gasteiger partial charge in [-0.2, -0.15) is 0 Å². The Morgan fingerprint density at radius 3 is 1.42 bits per heavy atom. The van der Waals surface area contributed by atoms with Gasteiger partial charge in [-0.3, -0.25) is 0 Å². The smallest absolute Gasteiger partial charge is 0.123 e. The van der Waals surface area contributed by atoms with Gasteiger partial charge in [0.1, 0.15) is 11.5 Å². The largest absolute Gasteiger partial charge is 0.507 e. The summed E-state index contributed by atoms with van der Waals surface area (Å²) in [5.74, 6) is 0.556. The lowest BCUT2D eigenvalue weighted by molar-refractivity contribution is 0.461. The van der Waals surface area contributed by atoms with Crippen molar-refractivity contribution in [3.63, 3.8) is 0 Å². The molecule has 0 unspecified atom stereocenters. The Balaban J connectivity index is 1.55. The first-order chi connectivity index (χ1) is 18.6. The first-order valence-corrected chi connectivity index (χ1v) is 13.2. The summed E-state index contributed by atoms with van der Waals surface area (Å²) < 4.78 is 0. The average Bonchev–Trinajstić information content (AvgIpc) is 2.99. The Bertz CT molecular complexity index is 1500. The van der Waals surface area contributed by atoms with E-state index in [1.165, 1.54) is 22.3 Å². The van der Waals surface area contributed by atoms with E-state index in [0.717, 1.165) is 41.5 Å². The highest BCUT2D eigenvalue weighted by molar-refractivity contribution is 5.76. The highest BCUT2D eigenvalue weighted by Gasteiger charge is 2.38. The molecule has 5 aromatic rings. The Morgan fingerprint density at radius 1 is 0.500 bits per heavy atom. The molecule has 0 fully saturated rings. The molecule has 186 valence electrons. The van der Waals surface area contributed by atoms with Crippen molar-refractivity contribution in [2.24, 2.45) is 0 Å². The Kier molecular flexibility index (Phi) is 6.31. The topological polar surface area (TPSA) is 40.5 Å². The van der Waals surface area contributed by atoms with Crippen LogP contribution in [0.25, 0.3) is 27.8 Å². The van der Waals surface area contributed by atoms with Crippen molar-refractivity contribution < 1.29 is 10.2 Å². The summed E-state index contributed by atoms with van der Waals surface area (Å²) in [6, 6.07) is 42.9. The minimum atomic E-state index is -0.325. The highest BCUT2D eigenvalue weighted by Crippen LogP contribution is 2.50. The van der Waals surface area contributed by atoms with Crippen molar-refractivity contribution in [3.8, 4) is 33.8 Å². The van der Waals surface area contributed by atoms with Crippen LogP contribution >= 0.6 is 0 Å². The molecule has 2 nitrogen and oxygen atoms in total. The van der Waals surface area contributed by atoms with E-state index < -0.39 is 0 Å². The van der Waals surface area contributed by atoms with Crippen molar-refractivity contribution in [1.29, 1.82) is 0 Å². The first kappa shape index (κ1) is 23.8. The fourth-order valence-electron chi connectivity index (χ4n) is 5.88. The zero-order valence-corrected chi connectivity index (χ0v) is 21.2. The maximum atomic E-state index is 10.9. The summed E-state index contributed by atoms with van der Waals surface area (Å²) in [4.78, 5) is 0. The van der Waals surface area contributed by atoms with Gasteiger partial charge < -0.3 is 10.2 Å². The van der Waals surface area contributed by atoms with E-state index in [1.807, 2.05) is 72.8 Å². The molecule has 2 N–H and O–H groups in total. The van der Waals surface area contributed by atoms with E-state index in [9.17, 15) is 10.2 Å². The lowest BCUT2D eigenvalue weighted by atomic mass is 9.64. The number of phenols is 2. The van der Waals surface area contributed by atoms with E-state index >= 15 is 0 Å². The minimum absolute atomic E-state index is 0.278. The van der Waals surface area contributed by atoms with E-state index in [-0.39, 0.29) is 16.9 Å². The normalized spacial score (nSPS) is 14.6. The van der Waals surface area contributed by atoms with Gasteiger partial charge in [0.2, 0.25) is 0 Å². The fraction of sp³-hybridized carbons (Fsp3) is 0.111. The molecule has 0 atom stereocenters. The highest BCUT2D eigenvalue weighted by atomic mass is 16.3. The number of rotatable bonds is 5. The van der Waals surface area contributed by atoms with E-state index in [4.69, 9.17) is 0 Å². The maximum Gasteiger partial charge on any atom is 0.123 e. The molecular formula is C36H30O2. The van der Waals surface area contributed by atoms with Crippen molar-refractivity contribution in [1.82, 2.24) is 0 Å². The van der Waals surface area contributed by atoms with Gasteiger partial charge in [-0.1, -0.05) is 109 Å². The number of benzene rings is 5. The summed E-state index contributed by atoms with van der Waals surface area (Å²) in [6.07, 6.45) is 5.06. The minimum Gasteiger partial charge on any atom is -0.507 e. The molecule has 1 aliphatic carbocycles. The van der Waals surface area contributed by atoms with Crippen LogP contribution in [0.4, 0.5) is 0 Å². The van der Waals surface area contributed by atoms with E-state index in [1.54, 1.807) is 0 Å². The number of allylic oxidation sites excluding steroid dienone is 2. The zero-order chi connectivity index (χ0) is 26.0. The van der Waals surface area contributed by atoms with Gasteiger partial charge in [0, 0.05) is 16.5 Å². The summed E-state index contributed by atoms with van der Waals surface area (Å²) in [7, 11) is 0. The monoisotopic (exact) mass is 494 g/mol. The standard InChI is InChI=1S/C36H30O2/c37-34-20-18-30(23-32(34)27-13-6-2-7-14-27)36(22-10-17-29(25-36)26-11-4-1-5-12-26)31-19-21-35(38)33(24-31)28-15-8-3-9-16-28/h1-9,11-21,23-24,37-38H,10,22,25H2. The van der Waals surface area contributed by atoms with Crippen molar-refractivity contribution in [3.05, 3.63) is 150 Å². The van der Waals surface area contributed by atoms with Crippen LogP contribution < -0.4 is 0 Å². The second-order valence-corrected chi connectivity index (χ2v) is 10.1. The fourth-order valence-corrected chi connectivity index (χ4v) is 5.88. The molecule has 2 heteroatoms. The molecule has 0 radical (unpaired) electrons. The Hall–Kier alpha value is -4.56. The molecule has 0 amide bonds. The van der Waals surface area contributed by atoms with Crippen molar-refractivity contribution in [2.75, 3.05) is 0 Å². The quantitative estimate of drug-likeness (QED) is 0.256. The lowest BCUT2D eigenvalue weighted by Gasteiger charge is -2.39. The summed E-state index contributed by atoms with van der Waals surface area (Å²) in [5, 5.41) is 21.7. The van der Waals surface area contributed by atoms with Crippen molar-refractivity contribution >= 4 is 5.57 Å². The first-order valence-electron chi connectivity index (χ1n) is 13.2. The van der Waals surface area contributed by atoms with Crippen LogP contribution in [0, 0.1) is 0 Å². The molecule has 0 aromatic heterocycles. The van der Waals surface area contributed by atoms with Gasteiger partial charge in [0.05, 0.1) is 0 Å². The summed E-state index contributed by atoms with van der Waals surface area (Å²) in [6.45, 7) is 0. The maximum absolute atomic E-state index is 10.9. The number of aromatic hydroxyl groups is 2. The molecule has 0 saturated heterocycles. The van der Waals surface area contributed by atoms with Gasteiger partial charge in [-0.25, -0.2) is 0 Å². The average molecular weight is 495 g/mol. The number of phenolic OH excluding ortho intramolecular Hbond substituents is 2. The molecule has 0 spiro atoms. The lowest BCUT2D eigenvalue weighted by Crippen LogP contribution is -2.30. The van der Waals surface area contributed by atoms with Gasteiger partial charge >= 0.3 is 0 Å². The van der Waals surface area contributed by atoms with Crippen LogP contribution in [0.3, 0.4) is 0 Å². The predicted molar refractivity (Wildman–Crippen MR) is 156 cm³/mol. The zero-order valence-electron chi connectivity index (χ0n) is 21.2. The molecule has 5 aromatic carbocycles. The third-order valence-corrected chi connectivity index (χ3v) is 7.87. The number of hydrogen-bond acceptors (Lipinski definition) is 2. The van der Waals surface area contributed by atoms with Crippen LogP contribution in [0.5, 0.6) is 11.5 Å². The van der Waals surface area contributed by atoms with E-state index in [2.05, 4.69) is 60.7 Å². The van der Waals surface area contributed by atoms with Gasteiger partial charge in [-0.15, -0.1) is 0 Å². The van der Waals surface area contributed by atoms with Crippen molar-refractivity contribution in [2.45, 2.75) is 24.7 Å². The van der Waals surface area contributed by atoms with Gasteiger partial charge in [-0.05, 0) is 76.9 Å². The second kappa shape index (κ2) is 10.1. The summed E-state index contributed by atoms with van der Waals surface area (Å²) >= 11 is 0. The molecule has 0 bridgehead atoms. The molecule has 0 heterocycles. The van der Waals surface area contributed by atoms with Crippen LogP contribution in [0.1, 0.15) is 36.0 Å². The molecule has 6 rings (SSSR count). The Morgan fingerprint density at radius 2 is 0.947 bits per heavy atom. The molecule has 38 heavy (non-hydrogen) atoms. The molecule has 0 aliphatic heterocycles.